The molecule has 0 saturated carbocycles. The average Bonchev–Trinajstić information content (AvgIpc) is 2.33. The van der Waals surface area contributed by atoms with Crippen molar-refractivity contribution in [3.05, 3.63) is 0 Å². The Kier molecular flexibility index (Phi) is 10.0. The van der Waals surface area contributed by atoms with Crippen molar-refractivity contribution < 1.29 is 32.8 Å². The van der Waals surface area contributed by atoms with Crippen LogP contribution in [0.2, 0.25) is 0 Å². The first kappa shape index (κ1) is 18.5. The molecule has 0 aliphatic heterocycles. The van der Waals surface area contributed by atoms with Crippen LogP contribution in [0.15, 0.2) is 0 Å². The summed E-state index contributed by atoms with van der Waals surface area (Å²) >= 11 is 0. The Morgan fingerprint density at radius 2 is 2.00 bits per heavy atom. The molecule has 0 heterocycles. The summed E-state index contributed by atoms with van der Waals surface area (Å²) < 4.78 is 30.8. The van der Waals surface area contributed by atoms with Gasteiger partial charge < -0.3 is 19.7 Å². The molecule has 0 aromatic heterocycles. The van der Waals surface area contributed by atoms with Crippen molar-refractivity contribution in [2.75, 3.05) is 40.6 Å². The maximum absolute atomic E-state index is 11.5. The normalized spacial score (nSPS) is 15.8. The molecule has 1 amide bonds. The number of ether oxygens (including phenoxy) is 2. The summed E-state index contributed by atoms with van der Waals surface area (Å²) in [5.74, 6) is -0.161. The van der Waals surface area contributed by atoms with Crippen molar-refractivity contribution in [1.82, 2.24) is 5.32 Å². The number of rotatable bonds is 11. The lowest BCUT2D eigenvalue weighted by atomic mass is 10.4. The van der Waals surface area contributed by atoms with Gasteiger partial charge in [-0.15, -0.1) is 0 Å². The van der Waals surface area contributed by atoms with E-state index < -0.39 is 13.9 Å². The number of nitrogens with one attached hydrogen (secondary N) is 1. The molecule has 0 fully saturated rings. The Labute approximate surface area is 113 Å². The van der Waals surface area contributed by atoms with Gasteiger partial charge in [-0.1, -0.05) is 0 Å². The van der Waals surface area contributed by atoms with Gasteiger partial charge in [-0.05, 0) is 6.42 Å². The number of phosphoric acid groups is 1. The van der Waals surface area contributed by atoms with E-state index in [0.29, 0.717) is 13.0 Å². The summed E-state index contributed by atoms with van der Waals surface area (Å²) in [4.78, 5) is 19.9. The highest BCUT2D eigenvalue weighted by atomic mass is 31.2. The summed E-state index contributed by atoms with van der Waals surface area (Å²) in [7, 11) is -1.16. The molecule has 0 bridgehead atoms. The van der Waals surface area contributed by atoms with Gasteiger partial charge in [0, 0.05) is 27.7 Å². The molecule has 0 aromatic carbocycles. The van der Waals surface area contributed by atoms with E-state index in [1.54, 1.807) is 0 Å². The van der Waals surface area contributed by atoms with Crippen LogP contribution in [-0.4, -0.2) is 57.5 Å². The fourth-order valence-electron chi connectivity index (χ4n) is 1.10. The van der Waals surface area contributed by atoms with E-state index >= 15 is 0 Å². The molecule has 8 nitrogen and oxygen atoms in total. The minimum Gasteiger partial charge on any atom is -0.382 e. The number of hydrogen-bond donors (Lipinski definition) is 2. The SMILES string of the molecule is COCC(COP(=O)(O)OCCCNC(C)=O)OC. The second-order valence-electron chi connectivity index (χ2n) is 3.75. The van der Waals surface area contributed by atoms with E-state index in [0.717, 1.165) is 0 Å². The number of carbonyl (C=O) groups is 1. The lowest BCUT2D eigenvalue weighted by Crippen LogP contribution is -2.23. The largest absolute Gasteiger partial charge is 0.472 e. The topological polar surface area (TPSA) is 103 Å². The smallest absolute Gasteiger partial charge is 0.382 e. The van der Waals surface area contributed by atoms with Gasteiger partial charge in [0.2, 0.25) is 5.91 Å². The second kappa shape index (κ2) is 10.3. The average molecular weight is 299 g/mol. The Bertz CT molecular complexity index is 300. The van der Waals surface area contributed by atoms with Gasteiger partial charge in [0.25, 0.3) is 0 Å². The van der Waals surface area contributed by atoms with E-state index in [9.17, 15) is 14.3 Å². The second-order valence-corrected chi connectivity index (χ2v) is 5.20. The first-order valence-corrected chi connectivity index (χ1v) is 7.29. The summed E-state index contributed by atoms with van der Waals surface area (Å²) in [6.45, 7) is 1.92. The van der Waals surface area contributed by atoms with Crippen LogP contribution in [-0.2, 0) is 27.9 Å². The number of phosphoric ester groups is 1. The third-order valence-corrected chi connectivity index (χ3v) is 3.04. The maximum Gasteiger partial charge on any atom is 0.472 e. The monoisotopic (exact) mass is 299 g/mol. The number of hydrogen-bond acceptors (Lipinski definition) is 6. The van der Waals surface area contributed by atoms with Gasteiger partial charge in [0.1, 0.15) is 6.10 Å². The fourth-order valence-corrected chi connectivity index (χ4v) is 1.89. The lowest BCUT2D eigenvalue weighted by Gasteiger charge is -2.17. The van der Waals surface area contributed by atoms with Crippen LogP contribution in [0.5, 0.6) is 0 Å². The molecule has 0 rings (SSSR count). The summed E-state index contributed by atoms with van der Waals surface area (Å²) in [5, 5.41) is 2.54. The number of carbonyl (C=O) groups excluding carboxylic acids is 1. The maximum atomic E-state index is 11.5. The lowest BCUT2D eigenvalue weighted by molar-refractivity contribution is -0.118. The molecule has 0 saturated heterocycles. The first-order valence-electron chi connectivity index (χ1n) is 5.79. The summed E-state index contributed by atoms with van der Waals surface area (Å²) in [5.41, 5.74) is 0. The zero-order valence-corrected chi connectivity index (χ0v) is 12.4. The number of amides is 1. The van der Waals surface area contributed by atoms with E-state index in [1.165, 1.54) is 21.1 Å². The molecule has 2 N–H and O–H groups in total. The third kappa shape index (κ3) is 11.1. The molecule has 9 heteroatoms. The fraction of sp³-hybridized carbons (Fsp3) is 0.900. The first-order chi connectivity index (χ1) is 8.91. The highest BCUT2D eigenvalue weighted by Crippen LogP contribution is 2.43. The van der Waals surface area contributed by atoms with Gasteiger partial charge in [-0.2, -0.15) is 0 Å². The van der Waals surface area contributed by atoms with Crippen LogP contribution in [0.25, 0.3) is 0 Å². The van der Waals surface area contributed by atoms with Crippen LogP contribution in [0.1, 0.15) is 13.3 Å². The van der Waals surface area contributed by atoms with Crippen molar-refractivity contribution >= 4 is 13.7 Å². The van der Waals surface area contributed by atoms with E-state index in [1.807, 2.05) is 0 Å². The quantitative estimate of drug-likeness (QED) is 0.418. The van der Waals surface area contributed by atoms with Gasteiger partial charge in [-0.3, -0.25) is 13.8 Å². The predicted octanol–water partition coefficient (Wildman–Crippen LogP) is 0.308. The van der Waals surface area contributed by atoms with Crippen LogP contribution >= 0.6 is 7.82 Å². The van der Waals surface area contributed by atoms with Crippen molar-refractivity contribution in [1.29, 1.82) is 0 Å². The highest BCUT2D eigenvalue weighted by Gasteiger charge is 2.23. The number of methoxy groups -OCH3 is 2. The van der Waals surface area contributed by atoms with Crippen LogP contribution in [0.4, 0.5) is 0 Å². The molecule has 0 aliphatic carbocycles. The van der Waals surface area contributed by atoms with Gasteiger partial charge in [0.15, 0.2) is 0 Å². The van der Waals surface area contributed by atoms with Crippen LogP contribution in [0.3, 0.4) is 0 Å². The van der Waals surface area contributed by atoms with Gasteiger partial charge >= 0.3 is 7.82 Å². The summed E-state index contributed by atoms with van der Waals surface area (Å²) in [6.07, 6.45) is -0.0207. The third-order valence-electron chi connectivity index (χ3n) is 2.06. The van der Waals surface area contributed by atoms with Crippen molar-refractivity contribution in [2.45, 2.75) is 19.4 Å². The molecule has 19 heavy (non-hydrogen) atoms. The van der Waals surface area contributed by atoms with Crippen molar-refractivity contribution in [2.24, 2.45) is 0 Å². The minimum absolute atomic E-state index is 0.00991. The molecule has 2 atom stereocenters. The van der Waals surface area contributed by atoms with Gasteiger partial charge in [0.05, 0.1) is 19.8 Å². The molecule has 0 radical (unpaired) electrons. The Morgan fingerprint density at radius 1 is 1.32 bits per heavy atom. The molecule has 114 valence electrons. The van der Waals surface area contributed by atoms with E-state index in [4.69, 9.17) is 18.5 Å². The Balaban J connectivity index is 3.78. The molecule has 0 aliphatic rings. The highest BCUT2D eigenvalue weighted by molar-refractivity contribution is 7.47. The molecule has 0 aromatic rings. The van der Waals surface area contributed by atoms with Gasteiger partial charge in [-0.25, -0.2) is 4.57 Å². The molecule has 2 unspecified atom stereocenters. The van der Waals surface area contributed by atoms with Crippen molar-refractivity contribution in [3.63, 3.8) is 0 Å². The molecular formula is C10H22NO7P. The van der Waals surface area contributed by atoms with E-state index in [2.05, 4.69) is 5.32 Å². The zero-order valence-electron chi connectivity index (χ0n) is 11.5. The van der Waals surface area contributed by atoms with Crippen LogP contribution in [0, 0.1) is 0 Å². The Hall–Kier alpha value is -0.500. The Morgan fingerprint density at radius 3 is 2.53 bits per heavy atom. The molecular weight excluding hydrogens is 277 g/mol. The van der Waals surface area contributed by atoms with E-state index in [-0.39, 0.29) is 25.7 Å². The predicted molar refractivity (Wildman–Crippen MR) is 67.7 cm³/mol. The molecule has 0 spiro atoms. The zero-order chi connectivity index (χ0) is 14.7. The summed E-state index contributed by atoms with van der Waals surface area (Å²) in [6, 6.07) is 0. The van der Waals surface area contributed by atoms with Crippen LogP contribution < -0.4 is 5.32 Å². The standard InChI is InChI=1S/C10H22NO7P/c1-9(12)11-5-4-6-17-19(13,14)18-8-10(16-3)7-15-2/h10H,4-8H2,1-3H3,(H,11,12)(H,13,14). The minimum atomic E-state index is -4.10. The van der Waals surface area contributed by atoms with Crippen molar-refractivity contribution in [3.8, 4) is 0 Å².